The Labute approximate surface area is 161 Å². The van der Waals surface area contributed by atoms with Gasteiger partial charge in [0, 0.05) is 16.4 Å². The van der Waals surface area contributed by atoms with E-state index in [-0.39, 0.29) is 18.7 Å². The van der Waals surface area contributed by atoms with Crippen LogP contribution < -0.4 is 16.4 Å². The number of aliphatic hydroxyl groups excluding tert-OH is 1. The molecule has 0 saturated heterocycles. The molecule has 1 unspecified atom stereocenters. The highest BCUT2D eigenvalue weighted by molar-refractivity contribution is 6.31. The maximum Gasteiger partial charge on any atom is 0.227 e. The third kappa shape index (κ3) is 4.20. The van der Waals surface area contributed by atoms with E-state index in [0.29, 0.717) is 39.3 Å². The lowest BCUT2D eigenvalue weighted by atomic mass is 10.2. The first-order chi connectivity index (χ1) is 12.9. The van der Waals surface area contributed by atoms with Crippen LogP contribution in [0, 0.1) is 0 Å². The Balaban J connectivity index is 2.08. The number of rotatable bonds is 7. The van der Waals surface area contributed by atoms with E-state index in [4.69, 9.17) is 17.3 Å². The fourth-order valence-electron chi connectivity index (χ4n) is 2.61. The van der Waals surface area contributed by atoms with Gasteiger partial charge >= 0.3 is 0 Å². The Kier molecular flexibility index (Phi) is 5.62. The average molecular weight is 391 g/mol. The number of hydrogen-bond donors (Lipinski definition) is 4. The predicted octanol–water partition coefficient (Wildman–Crippen LogP) is 2.96. The fraction of sp³-hybridized carbons (Fsp3) is 0.412. The maximum atomic E-state index is 9.48. The van der Waals surface area contributed by atoms with Crippen molar-refractivity contribution in [1.82, 2.24) is 25.0 Å². The zero-order chi connectivity index (χ0) is 19.6. The number of hydrogen-bond acceptors (Lipinski definition) is 8. The van der Waals surface area contributed by atoms with Crippen molar-refractivity contribution >= 4 is 45.9 Å². The summed E-state index contributed by atoms with van der Waals surface area (Å²) in [7, 11) is 0. The molecule has 0 aliphatic rings. The summed E-state index contributed by atoms with van der Waals surface area (Å²) in [4.78, 5) is 9.06. The van der Waals surface area contributed by atoms with Crippen molar-refractivity contribution in [2.24, 2.45) is 0 Å². The standard InChI is InChI=1S/C17H23ClN8O/c1-4-12(8-27)21-17-22-15(20-13-6-10(18)5-11(19)7-13)14-16(23-17)26(9(2)3)25-24-14/h5-7,9,12,27H,4,8,19H2,1-3H3,(H2,20,21,22,23). The molecule has 0 amide bonds. The highest BCUT2D eigenvalue weighted by atomic mass is 35.5. The summed E-state index contributed by atoms with van der Waals surface area (Å²) in [5, 5.41) is 24.7. The Hall–Kier alpha value is -2.65. The quantitative estimate of drug-likeness (QED) is 0.453. The summed E-state index contributed by atoms with van der Waals surface area (Å²) in [6.45, 7) is 5.95. The van der Waals surface area contributed by atoms with Gasteiger partial charge in [-0.05, 0) is 38.5 Å². The number of anilines is 4. The highest BCUT2D eigenvalue weighted by Crippen LogP contribution is 2.28. The van der Waals surface area contributed by atoms with E-state index in [0.717, 1.165) is 6.42 Å². The third-order valence-electron chi connectivity index (χ3n) is 4.04. The predicted molar refractivity (Wildman–Crippen MR) is 107 cm³/mol. The van der Waals surface area contributed by atoms with Crippen molar-refractivity contribution in [2.75, 3.05) is 23.0 Å². The van der Waals surface area contributed by atoms with Crippen molar-refractivity contribution in [2.45, 2.75) is 39.3 Å². The average Bonchev–Trinajstić information content (AvgIpc) is 3.03. The molecule has 144 valence electrons. The molecule has 0 spiro atoms. The smallest absolute Gasteiger partial charge is 0.227 e. The summed E-state index contributed by atoms with van der Waals surface area (Å²) in [5.74, 6) is 0.856. The van der Waals surface area contributed by atoms with Gasteiger partial charge in [0.05, 0.1) is 18.7 Å². The number of fused-ring (bicyclic) bond motifs is 1. The van der Waals surface area contributed by atoms with E-state index in [2.05, 4.69) is 30.9 Å². The van der Waals surface area contributed by atoms with Gasteiger partial charge in [0.2, 0.25) is 5.95 Å². The summed E-state index contributed by atoms with van der Waals surface area (Å²) in [6, 6.07) is 5.08. The van der Waals surface area contributed by atoms with Crippen molar-refractivity contribution in [1.29, 1.82) is 0 Å². The SMILES string of the molecule is CCC(CO)Nc1nc(Nc2cc(N)cc(Cl)c2)c2nnn(C(C)C)c2n1. The number of benzene rings is 1. The first-order valence-electron chi connectivity index (χ1n) is 8.74. The number of nitrogens with zero attached hydrogens (tertiary/aromatic N) is 5. The second kappa shape index (κ2) is 7.93. The van der Waals surface area contributed by atoms with Gasteiger partial charge in [-0.2, -0.15) is 9.97 Å². The van der Waals surface area contributed by atoms with Gasteiger partial charge in [-0.3, -0.25) is 0 Å². The topological polar surface area (TPSA) is 127 Å². The molecule has 9 nitrogen and oxygen atoms in total. The van der Waals surface area contributed by atoms with Crippen LogP contribution in [0.5, 0.6) is 0 Å². The molecule has 0 aliphatic carbocycles. The fourth-order valence-corrected chi connectivity index (χ4v) is 2.85. The van der Waals surface area contributed by atoms with Gasteiger partial charge in [0.1, 0.15) is 0 Å². The molecule has 0 saturated carbocycles. The van der Waals surface area contributed by atoms with Crippen molar-refractivity contribution in [3.63, 3.8) is 0 Å². The van der Waals surface area contributed by atoms with Crippen LogP contribution in [0.1, 0.15) is 33.2 Å². The van der Waals surface area contributed by atoms with Crippen molar-refractivity contribution in [3.8, 4) is 0 Å². The Morgan fingerprint density at radius 3 is 2.67 bits per heavy atom. The molecular formula is C17H23ClN8O. The van der Waals surface area contributed by atoms with E-state index in [1.54, 1.807) is 22.9 Å². The van der Waals surface area contributed by atoms with Crippen LogP contribution in [-0.4, -0.2) is 42.7 Å². The number of halogens is 1. The lowest BCUT2D eigenvalue weighted by molar-refractivity contribution is 0.271. The highest BCUT2D eigenvalue weighted by Gasteiger charge is 2.18. The molecule has 1 aromatic carbocycles. The number of nitrogens with two attached hydrogens (primary N) is 1. The molecule has 27 heavy (non-hydrogen) atoms. The third-order valence-corrected chi connectivity index (χ3v) is 4.26. The molecule has 2 aromatic heterocycles. The second-order valence-electron chi connectivity index (χ2n) is 6.53. The number of aliphatic hydroxyl groups is 1. The van der Waals surface area contributed by atoms with E-state index >= 15 is 0 Å². The molecule has 2 heterocycles. The van der Waals surface area contributed by atoms with Crippen LogP contribution in [0.3, 0.4) is 0 Å². The van der Waals surface area contributed by atoms with Crippen LogP contribution in [0.15, 0.2) is 18.2 Å². The van der Waals surface area contributed by atoms with Gasteiger partial charge in [-0.15, -0.1) is 5.10 Å². The van der Waals surface area contributed by atoms with Gasteiger partial charge in [0.15, 0.2) is 17.0 Å². The summed E-state index contributed by atoms with van der Waals surface area (Å²) >= 11 is 6.09. The van der Waals surface area contributed by atoms with E-state index in [1.807, 2.05) is 20.8 Å². The number of aromatic nitrogens is 5. The molecule has 3 rings (SSSR count). The van der Waals surface area contributed by atoms with Gasteiger partial charge < -0.3 is 21.5 Å². The Morgan fingerprint density at radius 2 is 2.04 bits per heavy atom. The lowest BCUT2D eigenvalue weighted by Gasteiger charge is -2.15. The lowest BCUT2D eigenvalue weighted by Crippen LogP contribution is -2.24. The minimum absolute atomic E-state index is 0.0207. The Morgan fingerprint density at radius 1 is 1.26 bits per heavy atom. The molecule has 0 bridgehead atoms. The number of nitrogens with one attached hydrogen (secondary N) is 2. The normalized spacial score (nSPS) is 12.5. The van der Waals surface area contributed by atoms with Crippen molar-refractivity contribution < 1.29 is 5.11 Å². The first-order valence-corrected chi connectivity index (χ1v) is 9.12. The first kappa shape index (κ1) is 19.1. The minimum Gasteiger partial charge on any atom is -0.399 e. The zero-order valence-corrected chi connectivity index (χ0v) is 16.2. The number of nitrogen functional groups attached to an aromatic ring is 1. The zero-order valence-electron chi connectivity index (χ0n) is 15.4. The van der Waals surface area contributed by atoms with Crippen LogP contribution in [0.4, 0.5) is 23.1 Å². The van der Waals surface area contributed by atoms with E-state index in [9.17, 15) is 5.11 Å². The molecule has 1 atom stereocenters. The van der Waals surface area contributed by atoms with Crippen LogP contribution >= 0.6 is 11.6 Å². The molecule has 5 N–H and O–H groups in total. The Bertz CT molecular complexity index is 918. The van der Waals surface area contributed by atoms with Crippen molar-refractivity contribution in [3.05, 3.63) is 23.2 Å². The molecule has 3 aromatic rings. The maximum absolute atomic E-state index is 9.48. The molecule has 0 radical (unpaired) electrons. The minimum atomic E-state index is -0.152. The molecule has 0 aliphatic heterocycles. The summed E-state index contributed by atoms with van der Waals surface area (Å²) in [6.07, 6.45) is 0.729. The molecule has 10 heteroatoms. The van der Waals surface area contributed by atoms with E-state index < -0.39 is 0 Å². The van der Waals surface area contributed by atoms with Crippen LogP contribution in [0.2, 0.25) is 5.02 Å². The van der Waals surface area contributed by atoms with Gasteiger partial charge in [-0.1, -0.05) is 23.7 Å². The largest absolute Gasteiger partial charge is 0.399 e. The monoisotopic (exact) mass is 390 g/mol. The summed E-state index contributed by atoms with van der Waals surface area (Å²) < 4.78 is 1.72. The van der Waals surface area contributed by atoms with Gasteiger partial charge in [0.25, 0.3) is 0 Å². The second-order valence-corrected chi connectivity index (χ2v) is 6.96. The summed E-state index contributed by atoms with van der Waals surface area (Å²) in [5.41, 5.74) is 8.21. The van der Waals surface area contributed by atoms with E-state index in [1.165, 1.54) is 0 Å². The molecular weight excluding hydrogens is 368 g/mol. The van der Waals surface area contributed by atoms with Crippen LogP contribution in [-0.2, 0) is 0 Å². The van der Waals surface area contributed by atoms with Crippen LogP contribution in [0.25, 0.3) is 11.2 Å². The van der Waals surface area contributed by atoms with Gasteiger partial charge in [-0.25, -0.2) is 4.68 Å². The molecule has 0 fully saturated rings.